The second kappa shape index (κ2) is 4.05. The molecule has 0 heterocycles. The van der Waals surface area contributed by atoms with Crippen LogP contribution in [-0.4, -0.2) is 4.89 Å². The van der Waals surface area contributed by atoms with Gasteiger partial charge in [-0.25, -0.2) is 4.57 Å². The van der Waals surface area contributed by atoms with E-state index in [0.29, 0.717) is 5.75 Å². The van der Waals surface area contributed by atoms with Crippen LogP contribution in [0.2, 0.25) is 0 Å². The molecular formula is C9H12BrO3P. The van der Waals surface area contributed by atoms with E-state index >= 15 is 0 Å². The fraction of sp³-hybridized carbons (Fsp3) is 0.333. The van der Waals surface area contributed by atoms with Crippen LogP contribution in [-0.2, 0) is 4.57 Å². The Labute approximate surface area is 91.4 Å². The predicted molar refractivity (Wildman–Crippen MR) is 60.0 cm³/mol. The van der Waals surface area contributed by atoms with Crippen molar-refractivity contribution in [2.24, 2.45) is 0 Å². The Morgan fingerprint density at radius 3 is 2.36 bits per heavy atom. The number of aryl methyl sites for hydroxylation is 1. The van der Waals surface area contributed by atoms with Gasteiger partial charge in [-0.3, -0.25) is 0 Å². The minimum atomic E-state index is -3.64. The summed E-state index contributed by atoms with van der Waals surface area (Å²) < 4.78 is 15.9. The highest BCUT2D eigenvalue weighted by atomic mass is 79.9. The van der Waals surface area contributed by atoms with Crippen molar-refractivity contribution in [2.75, 3.05) is 0 Å². The van der Waals surface area contributed by atoms with Gasteiger partial charge in [-0.2, -0.15) is 0 Å². The average molecular weight is 279 g/mol. The van der Waals surface area contributed by atoms with Crippen LogP contribution in [0.3, 0.4) is 0 Å². The van der Waals surface area contributed by atoms with Crippen LogP contribution in [0, 0.1) is 20.8 Å². The lowest BCUT2D eigenvalue weighted by molar-refractivity contribution is 0.403. The smallest absolute Gasteiger partial charge is 0.417 e. The number of rotatable bonds is 2. The molecule has 0 aliphatic rings. The molecule has 1 aromatic carbocycles. The van der Waals surface area contributed by atoms with Crippen molar-refractivity contribution in [3.05, 3.63) is 28.8 Å². The summed E-state index contributed by atoms with van der Waals surface area (Å²) in [5, 5.41) is 0. The number of halogens is 1. The van der Waals surface area contributed by atoms with Gasteiger partial charge >= 0.3 is 6.30 Å². The van der Waals surface area contributed by atoms with Gasteiger partial charge in [0, 0.05) is 0 Å². The van der Waals surface area contributed by atoms with Crippen LogP contribution in [0.15, 0.2) is 12.1 Å². The maximum atomic E-state index is 11.0. The molecule has 1 atom stereocenters. The van der Waals surface area contributed by atoms with E-state index in [0.717, 1.165) is 16.7 Å². The van der Waals surface area contributed by atoms with E-state index in [4.69, 9.17) is 9.42 Å². The van der Waals surface area contributed by atoms with E-state index in [1.54, 1.807) is 6.07 Å². The van der Waals surface area contributed by atoms with Crippen LogP contribution in [0.5, 0.6) is 5.75 Å². The number of hydrogen-bond acceptors (Lipinski definition) is 2. The molecule has 0 fully saturated rings. The molecule has 1 unspecified atom stereocenters. The van der Waals surface area contributed by atoms with Crippen molar-refractivity contribution < 1.29 is 14.0 Å². The van der Waals surface area contributed by atoms with Crippen LogP contribution >= 0.6 is 21.8 Å². The first-order chi connectivity index (χ1) is 6.31. The highest BCUT2D eigenvalue weighted by molar-refractivity contribution is 9.39. The molecule has 1 aromatic rings. The summed E-state index contributed by atoms with van der Waals surface area (Å²) in [6.07, 6.45) is -3.64. The van der Waals surface area contributed by atoms with Crippen molar-refractivity contribution in [1.29, 1.82) is 0 Å². The monoisotopic (exact) mass is 278 g/mol. The predicted octanol–water partition coefficient (Wildman–Crippen LogP) is 3.49. The van der Waals surface area contributed by atoms with Gasteiger partial charge in [0.1, 0.15) is 5.75 Å². The summed E-state index contributed by atoms with van der Waals surface area (Å²) >= 11 is 2.58. The Morgan fingerprint density at radius 1 is 1.29 bits per heavy atom. The molecule has 0 spiro atoms. The molecule has 0 radical (unpaired) electrons. The summed E-state index contributed by atoms with van der Waals surface area (Å²) in [5.74, 6) is 0.441. The van der Waals surface area contributed by atoms with Crippen molar-refractivity contribution in [1.82, 2.24) is 0 Å². The fourth-order valence-electron chi connectivity index (χ4n) is 1.15. The first-order valence-corrected chi connectivity index (χ1v) is 7.70. The third-order valence-electron chi connectivity index (χ3n) is 2.22. The molecule has 0 aliphatic carbocycles. The molecule has 0 amide bonds. The fourth-order valence-corrected chi connectivity index (χ4v) is 2.06. The highest BCUT2D eigenvalue weighted by Gasteiger charge is 2.17. The highest BCUT2D eigenvalue weighted by Crippen LogP contribution is 2.51. The van der Waals surface area contributed by atoms with E-state index in [2.05, 4.69) is 15.5 Å². The SMILES string of the molecule is Cc1ccc(OP(=O)(O)Br)c(C)c1C. The summed E-state index contributed by atoms with van der Waals surface area (Å²) in [7, 11) is 0. The Hall–Kier alpha value is -0.310. The van der Waals surface area contributed by atoms with Crippen LogP contribution in [0.1, 0.15) is 16.7 Å². The Morgan fingerprint density at radius 2 is 1.86 bits per heavy atom. The lowest BCUT2D eigenvalue weighted by Gasteiger charge is -2.12. The average Bonchev–Trinajstić information content (AvgIpc) is 2.04. The molecule has 5 heteroatoms. The summed E-state index contributed by atoms with van der Waals surface area (Å²) in [6.45, 7) is 5.80. The Balaban J connectivity index is 3.12. The minimum absolute atomic E-state index is 0.441. The molecule has 0 saturated carbocycles. The van der Waals surface area contributed by atoms with E-state index in [9.17, 15) is 4.57 Å². The third-order valence-corrected chi connectivity index (χ3v) is 3.08. The van der Waals surface area contributed by atoms with Crippen molar-refractivity contribution >= 4 is 21.8 Å². The van der Waals surface area contributed by atoms with Gasteiger partial charge in [-0.05, 0) is 43.5 Å². The van der Waals surface area contributed by atoms with E-state index in [1.807, 2.05) is 26.8 Å². The standard InChI is InChI=1S/C9H12BrO3P/c1-6-4-5-9(8(3)7(6)2)13-14(10,11)12/h4-5H,1-3H3,(H,11,12). The second-order valence-corrected chi connectivity index (χ2v) is 6.95. The maximum absolute atomic E-state index is 11.0. The zero-order valence-corrected chi connectivity index (χ0v) is 10.7. The molecule has 0 saturated heterocycles. The first kappa shape index (κ1) is 11.8. The summed E-state index contributed by atoms with van der Waals surface area (Å²) in [4.78, 5) is 9.01. The number of benzene rings is 1. The van der Waals surface area contributed by atoms with Gasteiger partial charge in [-0.15, -0.1) is 0 Å². The van der Waals surface area contributed by atoms with Crippen molar-refractivity contribution in [3.63, 3.8) is 0 Å². The maximum Gasteiger partial charge on any atom is 0.444 e. The molecule has 1 N–H and O–H groups in total. The Kier molecular flexibility index (Phi) is 3.40. The molecule has 14 heavy (non-hydrogen) atoms. The second-order valence-electron chi connectivity index (χ2n) is 3.17. The van der Waals surface area contributed by atoms with Gasteiger partial charge in [0.25, 0.3) is 0 Å². The normalized spacial score (nSPS) is 14.9. The molecule has 0 aliphatic heterocycles. The molecule has 0 bridgehead atoms. The Bertz CT molecular complexity index is 397. The van der Waals surface area contributed by atoms with Gasteiger partial charge in [0.15, 0.2) is 0 Å². The summed E-state index contributed by atoms with van der Waals surface area (Å²) in [5.41, 5.74) is 3.10. The van der Waals surface area contributed by atoms with E-state index in [-0.39, 0.29) is 0 Å². The van der Waals surface area contributed by atoms with E-state index in [1.165, 1.54) is 0 Å². The summed E-state index contributed by atoms with van der Waals surface area (Å²) in [6, 6.07) is 3.56. The lowest BCUT2D eigenvalue weighted by atomic mass is 10.0. The number of hydrogen-bond donors (Lipinski definition) is 1. The molecule has 78 valence electrons. The van der Waals surface area contributed by atoms with Gasteiger partial charge in [0.05, 0.1) is 15.5 Å². The molecule has 3 nitrogen and oxygen atoms in total. The first-order valence-electron chi connectivity index (χ1n) is 4.10. The largest absolute Gasteiger partial charge is 0.444 e. The molecule has 1 rings (SSSR count). The van der Waals surface area contributed by atoms with Crippen LogP contribution in [0.4, 0.5) is 0 Å². The topological polar surface area (TPSA) is 46.5 Å². The minimum Gasteiger partial charge on any atom is -0.417 e. The van der Waals surface area contributed by atoms with Gasteiger partial charge < -0.3 is 9.42 Å². The third kappa shape index (κ3) is 2.84. The van der Waals surface area contributed by atoms with Gasteiger partial charge in [-0.1, -0.05) is 6.07 Å². The van der Waals surface area contributed by atoms with Crippen molar-refractivity contribution in [3.8, 4) is 5.75 Å². The lowest BCUT2D eigenvalue weighted by Crippen LogP contribution is -1.93. The zero-order chi connectivity index (χ0) is 10.9. The van der Waals surface area contributed by atoms with Crippen molar-refractivity contribution in [2.45, 2.75) is 20.8 Å². The zero-order valence-electron chi connectivity index (χ0n) is 8.24. The quantitative estimate of drug-likeness (QED) is 0.843. The van der Waals surface area contributed by atoms with Gasteiger partial charge in [0.2, 0.25) is 0 Å². The molecule has 0 aromatic heterocycles. The van der Waals surface area contributed by atoms with Crippen LogP contribution < -0.4 is 4.52 Å². The molecular weight excluding hydrogens is 267 g/mol. The van der Waals surface area contributed by atoms with E-state index < -0.39 is 6.30 Å². The van der Waals surface area contributed by atoms with Crippen LogP contribution in [0.25, 0.3) is 0 Å².